The van der Waals surface area contributed by atoms with Crippen LogP contribution in [0.2, 0.25) is 0 Å². The van der Waals surface area contributed by atoms with Crippen LogP contribution in [0.3, 0.4) is 0 Å². The summed E-state index contributed by atoms with van der Waals surface area (Å²) >= 11 is 0. The van der Waals surface area contributed by atoms with Gasteiger partial charge in [-0.2, -0.15) is 5.10 Å². The molecule has 3 aromatic carbocycles. The number of ketones is 2. The lowest BCUT2D eigenvalue weighted by Gasteiger charge is -2.36. The van der Waals surface area contributed by atoms with E-state index >= 15 is 0 Å². The van der Waals surface area contributed by atoms with E-state index in [1.807, 2.05) is 24.3 Å². The zero-order valence-corrected chi connectivity index (χ0v) is 21.5. The predicted molar refractivity (Wildman–Crippen MR) is 142 cm³/mol. The van der Waals surface area contributed by atoms with Crippen LogP contribution < -0.4 is 0 Å². The second-order valence-corrected chi connectivity index (χ2v) is 11.0. The smallest absolute Gasteiger partial charge is 0.331 e. The number of fused-ring (bicyclic) bond motifs is 5. The first-order chi connectivity index (χ1) is 18.6. The molecule has 2 heterocycles. The van der Waals surface area contributed by atoms with Gasteiger partial charge in [0.25, 0.3) is 5.69 Å². The number of carbonyl (C=O) groups is 3. The molecular formula is C30H25N3O6. The number of benzene rings is 3. The van der Waals surface area contributed by atoms with Gasteiger partial charge in [-0.1, -0.05) is 60.7 Å². The van der Waals surface area contributed by atoms with E-state index in [0.29, 0.717) is 11.1 Å². The lowest BCUT2D eigenvalue weighted by Crippen LogP contribution is -2.44. The van der Waals surface area contributed by atoms with Crippen LogP contribution in [0.25, 0.3) is 0 Å². The zero-order chi connectivity index (χ0) is 27.7. The Labute approximate surface area is 224 Å². The first-order valence-corrected chi connectivity index (χ1v) is 12.6. The number of hydrogen-bond donors (Lipinski definition) is 0. The molecular weight excluding hydrogens is 498 g/mol. The third-order valence-corrected chi connectivity index (χ3v) is 7.69. The highest BCUT2D eigenvalue weighted by atomic mass is 16.6. The molecule has 2 aliphatic heterocycles. The molecule has 0 radical (unpaired) electrons. The highest BCUT2D eigenvalue weighted by molar-refractivity contribution is 6.31. The van der Waals surface area contributed by atoms with Crippen molar-refractivity contribution in [3.8, 4) is 0 Å². The summed E-state index contributed by atoms with van der Waals surface area (Å²) in [4.78, 5) is 53.9. The average molecular weight is 524 g/mol. The number of nitrogens with zero attached hydrogens (tertiary/aromatic N) is 3. The van der Waals surface area contributed by atoms with Crippen LogP contribution in [0.5, 0.6) is 0 Å². The van der Waals surface area contributed by atoms with Crippen molar-refractivity contribution < 1.29 is 24.0 Å². The molecule has 1 saturated heterocycles. The number of nitro benzene ring substituents is 1. The molecule has 0 aromatic heterocycles. The number of carbonyl (C=O) groups excluding carboxylic acids is 3. The van der Waals surface area contributed by atoms with Gasteiger partial charge in [0.1, 0.15) is 11.0 Å². The Hall–Kier alpha value is -4.66. The minimum atomic E-state index is -1.75. The molecule has 9 nitrogen and oxygen atoms in total. The van der Waals surface area contributed by atoms with E-state index in [-0.39, 0.29) is 16.8 Å². The maximum atomic E-state index is 14.5. The number of nitro groups is 1. The zero-order valence-electron chi connectivity index (χ0n) is 21.5. The standard InChI is InChI=1S/C30H25N3O6/c1-29(2,3)39-28(36)24-23(17-12-14-19(15-13-17)33(37)38)30(26(34)21-10-6-7-11-22(21)27(30)35)25-20-9-5-4-8-18(20)16-31-32(24)25/h4-16,23-25H,1-3H3/t23-,24+,25-/m1/s1. The quantitative estimate of drug-likeness (QED) is 0.208. The summed E-state index contributed by atoms with van der Waals surface area (Å²) in [5, 5.41) is 17.6. The largest absolute Gasteiger partial charge is 0.458 e. The molecule has 6 rings (SSSR count). The van der Waals surface area contributed by atoms with Gasteiger partial charge in [0.05, 0.1) is 17.2 Å². The topological polar surface area (TPSA) is 119 Å². The van der Waals surface area contributed by atoms with Crippen molar-refractivity contribution in [2.24, 2.45) is 10.5 Å². The number of hydrogen-bond acceptors (Lipinski definition) is 8. The molecule has 0 unspecified atom stereocenters. The van der Waals surface area contributed by atoms with Crippen molar-refractivity contribution in [3.05, 3.63) is 111 Å². The average Bonchev–Trinajstić information content (AvgIpc) is 3.34. The Bertz CT molecular complexity index is 1550. The summed E-state index contributed by atoms with van der Waals surface area (Å²) in [5.41, 5.74) is -0.317. The molecule has 3 aliphatic rings. The van der Waals surface area contributed by atoms with Crippen LogP contribution in [0.1, 0.15) is 70.1 Å². The molecule has 1 fully saturated rings. The van der Waals surface area contributed by atoms with Gasteiger partial charge in [0.2, 0.25) is 0 Å². The number of esters is 1. The number of non-ortho nitro benzene ring substituents is 1. The summed E-state index contributed by atoms with van der Waals surface area (Å²) in [5.74, 6) is -2.48. The molecule has 0 saturated carbocycles. The number of Topliss-reactive ketones (excluding diaryl/α,β-unsaturated/α-hetero) is 2. The van der Waals surface area contributed by atoms with Crippen molar-refractivity contribution in [2.75, 3.05) is 0 Å². The van der Waals surface area contributed by atoms with Gasteiger partial charge < -0.3 is 4.74 Å². The molecule has 0 bridgehead atoms. The fraction of sp³-hybridized carbons (Fsp3) is 0.267. The summed E-state index contributed by atoms with van der Waals surface area (Å²) < 4.78 is 5.84. The van der Waals surface area contributed by atoms with Crippen molar-refractivity contribution in [1.82, 2.24) is 5.01 Å². The van der Waals surface area contributed by atoms with Gasteiger partial charge in [-0.3, -0.25) is 24.7 Å². The van der Waals surface area contributed by atoms with E-state index in [1.54, 1.807) is 51.3 Å². The number of hydrazone groups is 1. The Morgan fingerprint density at radius 3 is 2.13 bits per heavy atom. The molecule has 3 atom stereocenters. The third-order valence-electron chi connectivity index (χ3n) is 7.69. The summed E-state index contributed by atoms with van der Waals surface area (Å²) in [6.45, 7) is 5.22. The van der Waals surface area contributed by atoms with Gasteiger partial charge in [0.15, 0.2) is 17.6 Å². The van der Waals surface area contributed by atoms with E-state index < -0.39 is 51.5 Å². The van der Waals surface area contributed by atoms with E-state index in [2.05, 4.69) is 5.10 Å². The minimum Gasteiger partial charge on any atom is -0.458 e. The molecule has 1 spiro atoms. The summed E-state index contributed by atoms with van der Waals surface area (Å²) in [6, 6.07) is 17.6. The highest BCUT2D eigenvalue weighted by Gasteiger charge is 2.73. The lowest BCUT2D eigenvalue weighted by molar-refractivity contribution is -0.384. The molecule has 9 heteroatoms. The van der Waals surface area contributed by atoms with Crippen molar-refractivity contribution in [2.45, 2.75) is 44.4 Å². The van der Waals surface area contributed by atoms with Crippen LogP contribution in [0, 0.1) is 15.5 Å². The van der Waals surface area contributed by atoms with Crippen LogP contribution >= 0.6 is 0 Å². The van der Waals surface area contributed by atoms with Gasteiger partial charge in [-0.05, 0) is 37.5 Å². The Balaban J connectivity index is 1.66. The van der Waals surface area contributed by atoms with Crippen LogP contribution in [0.15, 0.2) is 77.9 Å². The van der Waals surface area contributed by atoms with Crippen molar-refractivity contribution in [1.29, 1.82) is 0 Å². The van der Waals surface area contributed by atoms with E-state index in [9.17, 15) is 24.5 Å². The molecule has 0 N–H and O–H groups in total. The highest BCUT2D eigenvalue weighted by Crippen LogP contribution is 2.64. The van der Waals surface area contributed by atoms with Crippen LogP contribution in [-0.4, -0.2) is 45.3 Å². The van der Waals surface area contributed by atoms with E-state index in [4.69, 9.17) is 4.74 Å². The van der Waals surface area contributed by atoms with Gasteiger partial charge in [0, 0.05) is 29.2 Å². The second-order valence-electron chi connectivity index (χ2n) is 11.0. The minimum absolute atomic E-state index is 0.145. The van der Waals surface area contributed by atoms with Crippen LogP contribution in [0.4, 0.5) is 5.69 Å². The normalized spacial score (nSPS) is 22.4. The maximum Gasteiger partial charge on any atom is 0.331 e. The van der Waals surface area contributed by atoms with Crippen LogP contribution in [-0.2, 0) is 9.53 Å². The van der Waals surface area contributed by atoms with E-state index in [0.717, 1.165) is 5.56 Å². The third kappa shape index (κ3) is 3.46. The Morgan fingerprint density at radius 2 is 1.54 bits per heavy atom. The van der Waals surface area contributed by atoms with Gasteiger partial charge in [-0.15, -0.1) is 0 Å². The SMILES string of the molecule is CC(C)(C)OC(=O)[C@@H]1[C@@H](c2ccc([N+](=O)[O-])cc2)C2(C(=O)c3ccccc3C2=O)[C@H]2c3ccccc3C=NN12. The van der Waals surface area contributed by atoms with Crippen molar-refractivity contribution in [3.63, 3.8) is 0 Å². The fourth-order valence-electron chi connectivity index (χ4n) is 6.29. The fourth-order valence-corrected chi connectivity index (χ4v) is 6.29. The lowest BCUT2D eigenvalue weighted by atomic mass is 9.63. The number of rotatable bonds is 3. The monoisotopic (exact) mass is 523 g/mol. The predicted octanol–water partition coefficient (Wildman–Crippen LogP) is 4.86. The molecule has 39 heavy (non-hydrogen) atoms. The first-order valence-electron chi connectivity index (χ1n) is 12.6. The Kier molecular flexibility index (Phi) is 5.33. The molecule has 196 valence electrons. The van der Waals surface area contributed by atoms with Gasteiger partial charge in [-0.25, -0.2) is 4.79 Å². The van der Waals surface area contributed by atoms with E-state index in [1.165, 1.54) is 29.3 Å². The summed E-state index contributed by atoms with van der Waals surface area (Å²) in [7, 11) is 0. The first kappa shape index (κ1) is 24.7. The van der Waals surface area contributed by atoms with Gasteiger partial charge >= 0.3 is 5.97 Å². The molecule has 0 amide bonds. The maximum absolute atomic E-state index is 14.5. The van der Waals surface area contributed by atoms with Crippen molar-refractivity contribution >= 4 is 29.4 Å². The number of ether oxygens (including phenoxy) is 1. The second kappa shape index (κ2) is 8.42. The summed E-state index contributed by atoms with van der Waals surface area (Å²) in [6.07, 6.45) is 1.62. The Morgan fingerprint density at radius 1 is 0.949 bits per heavy atom. The molecule has 1 aliphatic carbocycles. The molecule has 3 aromatic rings.